The summed E-state index contributed by atoms with van der Waals surface area (Å²) < 4.78 is 39.8. The number of thiazole rings is 1. The SMILES string of the molecule is COCCNS(=O)(=O)c1cc(-c2nc(C)c(C(=O)N3CCOCC3)s2)n(C)c1C. The number of amides is 1. The first-order chi connectivity index (χ1) is 13.8. The molecule has 11 heteroatoms. The lowest BCUT2D eigenvalue weighted by Crippen LogP contribution is -2.40. The molecule has 3 heterocycles. The second-order valence-electron chi connectivity index (χ2n) is 6.77. The summed E-state index contributed by atoms with van der Waals surface area (Å²) in [6.07, 6.45) is 0. The molecule has 0 saturated carbocycles. The van der Waals surface area contributed by atoms with Gasteiger partial charge in [0.15, 0.2) is 0 Å². The average molecular weight is 443 g/mol. The molecule has 1 aliphatic heterocycles. The van der Waals surface area contributed by atoms with E-state index in [9.17, 15) is 13.2 Å². The number of nitrogens with one attached hydrogen (secondary N) is 1. The van der Waals surface area contributed by atoms with Gasteiger partial charge in [-0.05, 0) is 19.9 Å². The summed E-state index contributed by atoms with van der Waals surface area (Å²) in [6.45, 7) is 6.21. The molecule has 0 aliphatic carbocycles. The number of hydrogen-bond donors (Lipinski definition) is 1. The van der Waals surface area contributed by atoms with Gasteiger partial charge >= 0.3 is 0 Å². The number of hydrogen-bond acceptors (Lipinski definition) is 7. The maximum atomic E-state index is 12.8. The van der Waals surface area contributed by atoms with Crippen molar-refractivity contribution in [3.8, 4) is 10.7 Å². The van der Waals surface area contributed by atoms with E-state index < -0.39 is 10.0 Å². The van der Waals surface area contributed by atoms with Gasteiger partial charge < -0.3 is 18.9 Å². The predicted octanol–water partition coefficient (Wildman–Crippen LogP) is 1.16. The normalized spacial score (nSPS) is 15.1. The van der Waals surface area contributed by atoms with E-state index in [1.807, 2.05) is 0 Å². The Hall–Kier alpha value is -1.79. The maximum Gasteiger partial charge on any atom is 0.266 e. The number of sulfonamides is 1. The van der Waals surface area contributed by atoms with Crippen molar-refractivity contribution in [1.29, 1.82) is 0 Å². The minimum atomic E-state index is -3.67. The lowest BCUT2D eigenvalue weighted by Gasteiger charge is -2.26. The molecule has 0 aromatic carbocycles. The summed E-state index contributed by atoms with van der Waals surface area (Å²) in [5.74, 6) is -0.0606. The maximum absolute atomic E-state index is 12.8. The highest BCUT2D eigenvalue weighted by atomic mass is 32.2. The van der Waals surface area contributed by atoms with E-state index >= 15 is 0 Å². The third kappa shape index (κ3) is 4.53. The fourth-order valence-corrected chi connectivity index (χ4v) is 5.51. The molecule has 0 atom stereocenters. The van der Waals surface area contributed by atoms with Gasteiger partial charge in [-0.25, -0.2) is 18.1 Å². The molecule has 1 fully saturated rings. The molecule has 1 amide bonds. The minimum absolute atomic E-state index is 0.0606. The standard InChI is InChI=1S/C18H26N4O5S2/c1-12-16(18(23)22-6-9-27-10-7-22)28-17(20-12)14-11-15(13(2)21(14)3)29(24,25)19-5-8-26-4/h11,19H,5-10H2,1-4H3. The number of methoxy groups -OCH3 is 1. The van der Waals surface area contributed by atoms with Crippen LogP contribution in [0.4, 0.5) is 0 Å². The van der Waals surface area contributed by atoms with E-state index in [4.69, 9.17) is 9.47 Å². The number of nitrogens with zero attached hydrogens (tertiary/aromatic N) is 3. The highest BCUT2D eigenvalue weighted by Crippen LogP contribution is 2.32. The number of ether oxygens (including phenoxy) is 2. The van der Waals surface area contributed by atoms with Gasteiger partial charge in [-0.2, -0.15) is 0 Å². The Bertz CT molecular complexity index is 990. The molecule has 29 heavy (non-hydrogen) atoms. The smallest absolute Gasteiger partial charge is 0.266 e. The zero-order valence-corrected chi connectivity index (χ0v) is 18.7. The molecular weight excluding hydrogens is 416 g/mol. The van der Waals surface area contributed by atoms with Crippen LogP contribution < -0.4 is 4.72 Å². The average Bonchev–Trinajstić information content (AvgIpc) is 3.22. The second kappa shape index (κ2) is 8.92. The summed E-state index contributed by atoms with van der Waals surface area (Å²) in [6, 6.07) is 1.60. The first kappa shape index (κ1) is 21.9. The number of aromatic nitrogens is 2. The van der Waals surface area contributed by atoms with E-state index in [2.05, 4.69) is 9.71 Å². The first-order valence-corrected chi connectivity index (χ1v) is 11.6. The van der Waals surface area contributed by atoms with Crippen LogP contribution in [0.25, 0.3) is 10.7 Å². The van der Waals surface area contributed by atoms with Crippen LogP contribution in [0.15, 0.2) is 11.0 Å². The third-order valence-electron chi connectivity index (χ3n) is 4.88. The molecule has 160 valence electrons. The highest BCUT2D eigenvalue weighted by molar-refractivity contribution is 7.89. The van der Waals surface area contributed by atoms with Crippen LogP contribution in [0.5, 0.6) is 0 Å². The quantitative estimate of drug-likeness (QED) is 0.646. The topological polar surface area (TPSA) is 103 Å². The Morgan fingerprint density at radius 1 is 1.34 bits per heavy atom. The Morgan fingerprint density at radius 2 is 2.03 bits per heavy atom. The zero-order chi connectivity index (χ0) is 21.2. The van der Waals surface area contributed by atoms with Crippen LogP contribution in [0.1, 0.15) is 21.1 Å². The Labute approximate surface area is 174 Å². The molecule has 0 unspecified atom stereocenters. The summed E-state index contributed by atoms with van der Waals surface area (Å²) >= 11 is 1.28. The van der Waals surface area contributed by atoms with E-state index in [0.717, 1.165) is 0 Å². The number of carbonyl (C=O) groups excluding carboxylic acids is 1. The van der Waals surface area contributed by atoms with Crippen LogP contribution in [0.3, 0.4) is 0 Å². The monoisotopic (exact) mass is 442 g/mol. The molecule has 3 rings (SSSR count). The van der Waals surface area contributed by atoms with Crippen LogP contribution in [-0.4, -0.2) is 75.3 Å². The molecule has 1 saturated heterocycles. The fraction of sp³-hybridized carbons (Fsp3) is 0.556. The summed E-state index contributed by atoms with van der Waals surface area (Å²) in [7, 11) is -0.367. The van der Waals surface area contributed by atoms with Crippen LogP contribution >= 0.6 is 11.3 Å². The van der Waals surface area contributed by atoms with Crippen molar-refractivity contribution in [1.82, 2.24) is 19.2 Å². The van der Waals surface area contributed by atoms with Crippen molar-refractivity contribution in [3.63, 3.8) is 0 Å². The van der Waals surface area contributed by atoms with Gasteiger partial charge in [0.1, 0.15) is 14.8 Å². The summed E-state index contributed by atoms with van der Waals surface area (Å²) in [5.41, 5.74) is 1.89. The van der Waals surface area contributed by atoms with Gasteiger partial charge in [0.2, 0.25) is 10.0 Å². The van der Waals surface area contributed by atoms with Crippen LogP contribution in [0.2, 0.25) is 0 Å². The second-order valence-corrected chi connectivity index (χ2v) is 9.50. The number of rotatable bonds is 7. The van der Waals surface area contributed by atoms with Crippen molar-refractivity contribution in [2.24, 2.45) is 7.05 Å². The molecule has 0 bridgehead atoms. The number of morpholine rings is 1. The van der Waals surface area contributed by atoms with Gasteiger partial charge in [0.05, 0.1) is 31.2 Å². The van der Waals surface area contributed by atoms with Gasteiger partial charge in [-0.1, -0.05) is 0 Å². The van der Waals surface area contributed by atoms with E-state index in [1.54, 1.807) is 36.4 Å². The Balaban J connectivity index is 1.91. The van der Waals surface area contributed by atoms with Crippen molar-refractivity contribution in [2.75, 3.05) is 46.6 Å². The highest BCUT2D eigenvalue weighted by Gasteiger charge is 2.27. The largest absolute Gasteiger partial charge is 0.383 e. The van der Waals surface area contributed by atoms with Gasteiger partial charge in [0.25, 0.3) is 5.91 Å². The Kier molecular flexibility index (Phi) is 6.74. The van der Waals surface area contributed by atoms with Crippen molar-refractivity contribution in [2.45, 2.75) is 18.7 Å². The first-order valence-electron chi connectivity index (χ1n) is 9.26. The molecule has 2 aromatic heterocycles. The lowest BCUT2D eigenvalue weighted by atomic mass is 10.3. The lowest BCUT2D eigenvalue weighted by molar-refractivity contribution is 0.0305. The van der Waals surface area contributed by atoms with E-state index in [-0.39, 0.29) is 24.0 Å². The minimum Gasteiger partial charge on any atom is -0.383 e. The van der Waals surface area contributed by atoms with E-state index in [0.29, 0.717) is 53.3 Å². The third-order valence-corrected chi connectivity index (χ3v) is 7.63. The molecule has 2 aromatic rings. The number of aryl methyl sites for hydroxylation is 1. The summed E-state index contributed by atoms with van der Waals surface area (Å²) in [4.78, 5) is 19.9. The molecule has 1 N–H and O–H groups in total. The predicted molar refractivity (Wildman–Crippen MR) is 110 cm³/mol. The molecule has 9 nitrogen and oxygen atoms in total. The molecule has 0 radical (unpaired) electrons. The van der Waals surface area contributed by atoms with Crippen molar-refractivity contribution >= 4 is 27.3 Å². The Morgan fingerprint density at radius 3 is 2.69 bits per heavy atom. The number of carbonyl (C=O) groups is 1. The van der Waals surface area contributed by atoms with E-state index in [1.165, 1.54) is 18.4 Å². The van der Waals surface area contributed by atoms with Crippen molar-refractivity contribution in [3.05, 3.63) is 22.3 Å². The van der Waals surface area contributed by atoms with Gasteiger partial charge in [-0.15, -0.1) is 11.3 Å². The zero-order valence-electron chi connectivity index (χ0n) is 17.0. The summed E-state index contributed by atoms with van der Waals surface area (Å²) in [5, 5.41) is 0.614. The molecular formula is C18H26N4O5S2. The molecule has 1 aliphatic rings. The van der Waals surface area contributed by atoms with Crippen LogP contribution in [0, 0.1) is 13.8 Å². The van der Waals surface area contributed by atoms with Crippen molar-refractivity contribution < 1.29 is 22.7 Å². The van der Waals surface area contributed by atoms with Gasteiger partial charge in [0, 0.05) is 39.5 Å². The van der Waals surface area contributed by atoms with Gasteiger partial charge in [-0.3, -0.25) is 4.79 Å². The van der Waals surface area contributed by atoms with Crippen LogP contribution in [-0.2, 0) is 26.5 Å². The molecule has 0 spiro atoms. The fourth-order valence-electron chi connectivity index (χ4n) is 3.12.